The van der Waals surface area contributed by atoms with Crippen LogP contribution < -0.4 is 10.5 Å². The van der Waals surface area contributed by atoms with Gasteiger partial charge in [0.2, 0.25) is 6.26 Å². The van der Waals surface area contributed by atoms with Crippen molar-refractivity contribution in [3.05, 3.63) is 47.3 Å². The lowest BCUT2D eigenvalue weighted by molar-refractivity contribution is 0.0792. The standard InChI is InChI=1S/C16H19N2O4/c1-16(2,14-13(15(17)19)9-22-18-14)10-21-8-11-4-6-12(20-3)7-5-11/h4-7H,8,10H2,1-3H3,(H2,17,19). The number of ether oxygens (including phenoxy) is 2. The van der Waals surface area contributed by atoms with E-state index >= 15 is 0 Å². The summed E-state index contributed by atoms with van der Waals surface area (Å²) in [6, 6.07) is 7.62. The van der Waals surface area contributed by atoms with Crippen molar-refractivity contribution in [1.82, 2.24) is 5.16 Å². The van der Waals surface area contributed by atoms with Crippen LogP contribution in [0.25, 0.3) is 0 Å². The average molecular weight is 303 g/mol. The van der Waals surface area contributed by atoms with Crippen LogP contribution in [-0.4, -0.2) is 24.8 Å². The number of carbonyl (C=O) groups is 1. The van der Waals surface area contributed by atoms with Gasteiger partial charge in [0, 0.05) is 5.41 Å². The molecule has 0 aliphatic rings. The van der Waals surface area contributed by atoms with E-state index in [1.54, 1.807) is 7.11 Å². The van der Waals surface area contributed by atoms with E-state index in [-0.39, 0.29) is 5.56 Å². The maximum Gasteiger partial charge on any atom is 0.254 e. The molecule has 1 aromatic carbocycles. The Kier molecular flexibility index (Phi) is 4.82. The van der Waals surface area contributed by atoms with Crippen molar-refractivity contribution in [2.24, 2.45) is 5.73 Å². The van der Waals surface area contributed by atoms with Crippen LogP contribution in [0.15, 0.2) is 28.8 Å². The third-order valence-electron chi connectivity index (χ3n) is 3.30. The van der Waals surface area contributed by atoms with Gasteiger partial charge < -0.3 is 19.7 Å². The van der Waals surface area contributed by atoms with Gasteiger partial charge in [0.25, 0.3) is 5.91 Å². The molecule has 0 unspecified atom stereocenters. The molecule has 0 atom stereocenters. The number of rotatable bonds is 7. The molecule has 2 aromatic rings. The lowest BCUT2D eigenvalue weighted by atomic mass is 9.88. The van der Waals surface area contributed by atoms with E-state index in [1.807, 2.05) is 38.1 Å². The Morgan fingerprint density at radius 2 is 2.05 bits per heavy atom. The summed E-state index contributed by atoms with van der Waals surface area (Å²) in [5.74, 6) is 0.188. The summed E-state index contributed by atoms with van der Waals surface area (Å²) in [4.78, 5) is 11.3. The van der Waals surface area contributed by atoms with Crippen LogP contribution in [0, 0.1) is 6.26 Å². The van der Waals surface area contributed by atoms with Gasteiger partial charge in [-0.1, -0.05) is 31.1 Å². The quantitative estimate of drug-likeness (QED) is 0.846. The smallest absolute Gasteiger partial charge is 0.254 e. The highest BCUT2D eigenvalue weighted by Gasteiger charge is 2.30. The van der Waals surface area contributed by atoms with Crippen molar-refractivity contribution in [2.45, 2.75) is 25.9 Å². The zero-order valence-electron chi connectivity index (χ0n) is 12.9. The van der Waals surface area contributed by atoms with Crippen LogP contribution >= 0.6 is 0 Å². The molecule has 0 bridgehead atoms. The molecule has 0 aliphatic heterocycles. The van der Waals surface area contributed by atoms with Crippen LogP contribution in [0.5, 0.6) is 5.75 Å². The highest BCUT2D eigenvalue weighted by atomic mass is 16.5. The van der Waals surface area contributed by atoms with Gasteiger partial charge in [0.05, 0.1) is 20.3 Å². The molecule has 117 valence electrons. The second kappa shape index (κ2) is 6.62. The summed E-state index contributed by atoms with van der Waals surface area (Å²) < 4.78 is 15.6. The van der Waals surface area contributed by atoms with Crippen molar-refractivity contribution in [3.63, 3.8) is 0 Å². The van der Waals surface area contributed by atoms with Crippen molar-refractivity contribution in [3.8, 4) is 5.75 Å². The average Bonchev–Trinajstić information content (AvgIpc) is 2.98. The maximum absolute atomic E-state index is 11.3. The van der Waals surface area contributed by atoms with Crippen LogP contribution in [0.1, 0.15) is 35.5 Å². The van der Waals surface area contributed by atoms with E-state index in [0.29, 0.717) is 18.9 Å². The predicted octanol–water partition coefficient (Wildman–Crippen LogP) is 2.08. The fourth-order valence-corrected chi connectivity index (χ4v) is 2.05. The van der Waals surface area contributed by atoms with Crippen molar-refractivity contribution < 1.29 is 18.8 Å². The zero-order chi connectivity index (χ0) is 16.2. The minimum absolute atomic E-state index is 0.165. The molecule has 1 aromatic heterocycles. The summed E-state index contributed by atoms with van der Waals surface area (Å²) in [5.41, 5.74) is 6.41. The third-order valence-corrected chi connectivity index (χ3v) is 3.30. The Morgan fingerprint density at radius 3 is 2.64 bits per heavy atom. The Bertz CT molecular complexity index is 632. The normalized spacial score (nSPS) is 11.4. The van der Waals surface area contributed by atoms with Crippen LogP contribution in [0.2, 0.25) is 0 Å². The van der Waals surface area contributed by atoms with Crippen molar-refractivity contribution in [2.75, 3.05) is 13.7 Å². The minimum atomic E-state index is -0.612. The first-order valence-electron chi connectivity index (χ1n) is 6.82. The molecule has 1 radical (unpaired) electrons. The molecule has 0 spiro atoms. The highest BCUT2D eigenvalue weighted by Crippen LogP contribution is 2.25. The lowest BCUT2D eigenvalue weighted by Gasteiger charge is -2.22. The molecular weight excluding hydrogens is 284 g/mol. The topological polar surface area (TPSA) is 87.6 Å². The van der Waals surface area contributed by atoms with Crippen LogP contribution in [-0.2, 0) is 16.8 Å². The summed E-state index contributed by atoms with van der Waals surface area (Å²) in [7, 11) is 1.62. The lowest BCUT2D eigenvalue weighted by Crippen LogP contribution is -2.28. The maximum atomic E-state index is 11.3. The van der Waals surface area contributed by atoms with Crippen molar-refractivity contribution in [1.29, 1.82) is 0 Å². The SMILES string of the molecule is COc1ccc(COCC(C)(C)c2no[c]c2C(N)=O)cc1. The molecule has 2 rings (SSSR count). The van der Waals surface area contributed by atoms with E-state index in [9.17, 15) is 4.79 Å². The summed E-state index contributed by atoms with van der Waals surface area (Å²) in [6.45, 7) is 4.61. The molecular formula is C16H19N2O4. The number of primary amides is 1. The first-order chi connectivity index (χ1) is 10.4. The number of amides is 1. The number of nitrogens with two attached hydrogens (primary N) is 1. The third kappa shape index (κ3) is 3.65. The van der Waals surface area contributed by atoms with Gasteiger partial charge in [0.1, 0.15) is 17.0 Å². The highest BCUT2D eigenvalue weighted by molar-refractivity contribution is 5.93. The second-order valence-corrected chi connectivity index (χ2v) is 5.60. The first-order valence-corrected chi connectivity index (χ1v) is 6.82. The molecule has 6 heteroatoms. The minimum Gasteiger partial charge on any atom is -0.497 e. The summed E-state index contributed by atoms with van der Waals surface area (Å²) in [5, 5.41) is 3.83. The molecule has 1 amide bonds. The Balaban J connectivity index is 1.97. The number of benzene rings is 1. The molecule has 2 N–H and O–H groups in total. The first kappa shape index (κ1) is 16.0. The Labute approximate surface area is 129 Å². The second-order valence-electron chi connectivity index (χ2n) is 5.60. The van der Waals surface area contributed by atoms with Crippen molar-refractivity contribution >= 4 is 5.91 Å². The van der Waals surface area contributed by atoms with Gasteiger partial charge in [-0.15, -0.1) is 0 Å². The van der Waals surface area contributed by atoms with Gasteiger partial charge in [-0.3, -0.25) is 4.79 Å². The van der Waals surface area contributed by atoms with Gasteiger partial charge in [-0.25, -0.2) is 0 Å². The number of hydrogen-bond acceptors (Lipinski definition) is 5. The molecule has 0 saturated heterocycles. The van der Waals surface area contributed by atoms with E-state index in [4.69, 9.17) is 19.7 Å². The van der Waals surface area contributed by atoms with E-state index < -0.39 is 11.3 Å². The van der Waals surface area contributed by atoms with Gasteiger partial charge in [-0.05, 0) is 17.7 Å². The van der Waals surface area contributed by atoms with Gasteiger partial charge in [-0.2, -0.15) is 0 Å². The van der Waals surface area contributed by atoms with Gasteiger partial charge >= 0.3 is 0 Å². The fraction of sp³-hybridized carbons (Fsp3) is 0.375. The Hall–Kier alpha value is -2.34. The van der Waals surface area contributed by atoms with E-state index in [0.717, 1.165) is 11.3 Å². The fourth-order valence-electron chi connectivity index (χ4n) is 2.05. The van der Waals surface area contributed by atoms with Gasteiger partial charge in [0.15, 0.2) is 0 Å². The molecule has 6 nitrogen and oxygen atoms in total. The van der Waals surface area contributed by atoms with Crippen LogP contribution in [0.3, 0.4) is 0 Å². The number of nitrogens with zero attached hydrogens (tertiary/aromatic N) is 1. The zero-order valence-corrected chi connectivity index (χ0v) is 12.9. The summed E-state index contributed by atoms with van der Waals surface area (Å²) in [6.07, 6.45) is 2.40. The molecule has 0 aliphatic carbocycles. The van der Waals surface area contributed by atoms with Crippen LogP contribution in [0.4, 0.5) is 0 Å². The molecule has 22 heavy (non-hydrogen) atoms. The van der Waals surface area contributed by atoms with E-state index in [1.165, 1.54) is 0 Å². The number of methoxy groups -OCH3 is 1. The number of aromatic nitrogens is 1. The monoisotopic (exact) mass is 303 g/mol. The summed E-state index contributed by atoms with van der Waals surface area (Å²) >= 11 is 0. The number of carbonyl (C=O) groups excluding carboxylic acids is 1. The Morgan fingerprint density at radius 1 is 1.36 bits per heavy atom. The predicted molar refractivity (Wildman–Crippen MR) is 79.5 cm³/mol. The molecule has 1 heterocycles. The van der Waals surface area contributed by atoms with E-state index in [2.05, 4.69) is 11.4 Å². The number of hydrogen-bond donors (Lipinski definition) is 1. The molecule has 0 saturated carbocycles. The molecule has 0 fully saturated rings. The largest absolute Gasteiger partial charge is 0.497 e.